The van der Waals surface area contributed by atoms with E-state index in [2.05, 4.69) is 6.07 Å². The number of thiocarbonyl (C=S) groups is 1. The lowest BCUT2D eigenvalue weighted by atomic mass is 10.1. The minimum absolute atomic E-state index is 0.133. The average molecular weight is 339 g/mol. The van der Waals surface area contributed by atoms with Crippen molar-refractivity contribution in [2.45, 2.75) is 13.8 Å². The Bertz CT molecular complexity index is 853. The summed E-state index contributed by atoms with van der Waals surface area (Å²) in [5.74, 6) is -0.133. The number of hydrogen-bond acceptors (Lipinski definition) is 4. The Morgan fingerprint density at radius 1 is 1.13 bits per heavy atom. The van der Waals surface area contributed by atoms with Crippen LogP contribution in [0.5, 0.6) is 0 Å². The van der Waals surface area contributed by atoms with Crippen molar-refractivity contribution < 1.29 is 4.79 Å². The van der Waals surface area contributed by atoms with Gasteiger partial charge in [-0.15, -0.1) is 0 Å². The standard InChI is InChI=1S/C17H13N3OS2/c1-11-3-4-12(2)19(11)20-16(21)15(23-17(20)22)9-13-5-7-14(10-18)8-6-13/h3-9H,1-2H3/b15-9+. The molecule has 0 unspecified atom stereocenters. The van der Waals surface area contributed by atoms with Gasteiger partial charge in [0.1, 0.15) is 0 Å². The summed E-state index contributed by atoms with van der Waals surface area (Å²) < 4.78 is 2.34. The fourth-order valence-corrected chi connectivity index (χ4v) is 3.66. The van der Waals surface area contributed by atoms with Crippen LogP contribution in [0.2, 0.25) is 0 Å². The van der Waals surface area contributed by atoms with Gasteiger partial charge in [0, 0.05) is 11.4 Å². The molecule has 2 heterocycles. The van der Waals surface area contributed by atoms with Crippen LogP contribution in [-0.4, -0.2) is 14.9 Å². The van der Waals surface area contributed by atoms with Crippen molar-refractivity contribution in [3.05, 3.63) is 63.8 Å². The average Bonchev–Trinajstić information content (AvgIpc) is 3.00. The second kappa shape index (κ2) is 6.03. The zero-order valence-electron chi connectivity index (χ0n) is 12.6. The van der Waals surface area contributed by atoms with Crippen molar-refractivity contribution >= 4 is 40.3 Å². The summed E-state index contributed by atoms with van der Waals surface area (Å²) in [5.41, 5.74) is 3.37. The minimum Gasteiger partial charge on any atom is -0.266 e. The van der Waals surface area contributed by atoms with Gasteiger partial charge in [-0.3, -0.25) is 9.47 Å². The molecule has 1 aliphatic heterocycles. The Morgan fingerprint density at radius 2 is 1.74 bits per heavy atom. The van der Waals surface area contributed by atoms with Gasteiger partial charge < -0.3 is 0 Å². The maximum atomic E-state index is 12.7. The summed E-state index contributed by atoms with van der Waals surface area (Å²) in [6.45, 7) is 3.88. The molecule has 3 rings (SSSR count). The van der Waals surface area contributed by atoms with Crippen LogP contribution < -0.4 is 5.01 Å². The largest absolute Gasteiger partial charge is 0.285 e. The van der Waals surface area contributed by atoms with Gasteiger partial charge in [-0.05, 0) is 62.0 Å². The first-order valence-corrected chi connectivity index (χ1v) is 8.17. The molecular formula is C17H13N3OS2. The van der Waals surface area contributed by atoms with Crippen LogP contribution >= 0.6 is 24.0 Å². The predicted octanol–water partition coefficient (Wildman–Crippen LogP) is 3.51. The van der Waals surface area contributed by atoms with Gasteiger partial charge in [0.05, 0.1) is 16.5 Å². The third-order valence-electron chi connectivity index (χ3n) is 3.54. The van der Waals surface area contributed by atoms with Gasteiger partial charge >= 0.3 is 0 Å². The number of aromatic nitrogens is 1. The molecule has 23 heavy (non-hydrogen) atoms. The summed E-state index contributed by atoms with van der Waals surface area (Å²) in [4.78, 5) is 13.3. The van der Waals surface area contributed by atoms with Crippen molar-refractivity contribution in [2.75, 3.05) is 5.01 Å². The molecule has 0 bridgehead atoms. The Balaban J connectivity index is 1.95. The van der Waals surface area contributed by atoms with E-state index >= 15 is 0 Å². The number of carbonyl (C=O) groups excluding carboxylic acids is 1. The van der Waals surface area contributed by atoms with E-state index < -0.39 is 0 Å². The van der Waals surface area contributed by atoms with Gasteiger partial charge in [-0.25, -0.2) is 0 Å². The van der Waals surface area contributed by atoms with E-state index in [9.17, 15) is 4.79 Å². The highest BCUT2D eigenvalue weighted by molar-refractivity contribution is 8.27. The zero-order valence-corrected chi connectivity index (χ0v) is 14.2. The van der Waals surface area contributed by atoms with Crippen LogP contribution in [0.1, 0.15) is 22.5 Å². The Morgan fingerprint density at radius 3 is 2.30 bits per heavy atom. The maximum absolute atomic E-state index is 12.7. The Hall–Kier alpha value is -2.36. The van der Waals surface area contributed by atoms with Crippen molar-refractivity contribution in [3.63, 3.8) is 0 Å². The van der Waals surface area contributed by atoms with E-state index in [4.69, 9.17) is 17.5 Å². The SMILES string of the molecule is Cc1ccc(C)n1N1C(=O)/C(=C\c2ccc(C#N)cc2)SC1=S. The normalized spacial score (nSPS) is 16.2. The first-order chi connectivity index (χ1) is 11.0. The van der Waals surface area contributed by atoms with E-state index in [-0.39, 0.29) is 5.91 Å². The molecule has 0 radical (unpaired) electrons. The van der Waals surface area contributed by atoms with Crippen LogP contribution in [0.3, 0.4) is 0 Å². The van der Waals surface area contributed by atoms with Crippen molar-refractivity contribution in [1.29, 1.82) is 5.26 Å². The second-order valence-corrected chi connectivity index (χ2v) is 6.83. The van der Waals surface area contributed by atoms with Crippen molar-refractivity contribution in [1.82, 2.24) is 4.68 Å². The van der Waals surface area contributed by atoms with Crippen LogP contribution in [0.15, 0.2) is 41.3 Å². The molecule has 114 valence electrons. The van der Waals surface area contributed by atoms with Gasteiger partial charge in [-0.1, -0.05) is 23.9 Å². The summed E-state index contributed by atoms with van der Waals surface area (Å²) in [6.07, 6.45) is 1.80. The number of hydrogen-bond donors (Lipinski definition) is 0. The van der Waals surface area contributed by atoms with E-state index in [0.717, 1.165) is 17.0 Å². The van der Waals surface area contributed by atoms with E-state index in [1.807, 2.05) is 42.8 Å². The maximum Gasteiger partial charge on any atom is 0.285 e. The van der Waals surface area contributed by atoms with Gasteiger partial charge in [0.25, 0.3) is 5.91 Å². The molecule has 1 amide bonds. The monoisotopic (exact) mass is 339 g/mol. The highest BCUT2D eigenvalue weighted by atomic mass is 32.2. The zero-order chi connectivity index (χ0) is 16.6. The van der Waals surface area contributed by atoms with E-state index in [1.165, 1.54) is 16.8 Å². The third kappa shape index (κ3) is 2.81. The lowest BCUT2D eigenvalue weighted by Crippen LogP contribution is -2.39. The van der Waals surface area contributed by atoms with Crippen LogP contribution in [0, 0.1) is 25.2 Å². The molecule has 0 spiro atoms. The highest BCUT2D eigenvalue weighted by Gasteiger charge is 2.34. The lowest BCUT2D eigenvalue weighted by molar-refractivity contribution is -0.114. The molecule has 0 N–H and O–H groups in total. The molecule has 1 fully saturated rings. The predicted molar refractivity (Wildman–Crippen MR) is 96.5 cm³/mol. The number of thioether (sulfide) groups is 1. The topological polar surface area (TPSA) is 49.0 Å². The highest BCUT2D eigenvalue weighted by Crippen LogP contribution is 2.32. The van der Waals surface area contributed by atoms with E-state index in [0.29, 0.717) is 14.8 Å². The lowest BCUT2D eigenvalue weighted by Gasteiger charge is -2.20. The second-order valence-electron chi connectivity index (χ2n) is 5.16. The number of benzene rings is 1. The molecule has 1 saturated heterocycles. The fourth-order valence-electron chi connectivity index (χ4n) is 2.41. The first kappa shape index (κ1) is 15.5. The number of rotatable bonds is 2. The van der Waals surface area contributed by atoms with Crippen molar-refractivity contribution in [2.24, 2.45) is 0 Å². The molecule has 0 atom stereocenters. The quantitative estimate of drug-likeness (QED) is 0.620. The fraction of sp³-hybridized carbons (Fsp3) is 0.118. The molecule has 0 aliphatic carbocycles. The molecule has 0 saturated carbocycles. The summed E-state index contributed by atoms with van der Waals surface area (Å²) in [5, 5.41) is 10.4. The number of aryl methyl sites for hydroxylation is 2. The summed E-state index contributed by atoms with van der Waals surface area (Å²) >= 11 is 6.67. The summed E-state index contributed by atoms with van der Waals surface area (Å²) in [7, 11) is 0. The van der Waals surface area contributed by atoms with Crippen LogP contribution in [0.4, 0.5) is 0 Å². The first-order valence-electron chi connectivity index (χ1n) is 6.94. The van der Waals surface area contributed by atoms with E-state index in [1.54, 1.807) is 18.2 Å². The smallest absolute Gasteiger partial charge is 0.266 e. The Labute approximate surface area is 144 Å². The molecule has 2 aromatic rings. The molecule has 1 aromatic heterocycles. The number of nitrogens with zero attached hydrogens (tertiary/aromatic N) is 3. The molecular weight excluding hydrogens is 326 g/mol. The van der Waals surface area contributed by atoms with Gasteiger partial charge in [0.2, 0.25) is 0 Å². The Kier molecular flexibility index (Phi) is 4.07. The third-order valence-corrected chi connectivity index (χ3v) is 4.83. The van der Waals surface area contributed by atoms with Crippen LogP contribution in [-0.2, 0) is 4.79 Å². The van der Waals surface area contributed by atoms with Gasteiger partial charge in [0.15, 0.2) is 4.32 Å². The molecule has 6 heteroatoms. The number of carbonyl (C=O) groups is 1. The van der Waals surface area contributed by atoms with Gasteiger partial charge in [-0.2, -0.15) is 10.3 Å². The number of nitriles is 1. The minimum atomic E-state index is -0.133. The molecule has 1 aromatic carbocycles. The van der Waals surface area contributed by atoms with Crippen LogP contribution in [0.25, 0.3) is 6.08 Å². The number of amides is 1. The molecule has 4 nitrogen and oxygen atoms in total. The molecule has 1 aliphatic rings. The summed E-state index contributed by atoms with van der Waals surface area (Å²) in [6, 6.07) is 13.1. The van der Waals surface area contributed by atoms with Crippen molar-refractivity contribution in [3.8, 4) is 6.07 Å².